The molecule has 2 unspecified atom stereocenters. The fourth-order valence-electron chi connectivity index (χ4n) is 2.39. The summed E-state index contributed by atoms with van der Waals surface area (Å²) in [6, 6.07) is 8.07. The summed E-state index contributed by atoms with van der Waals surface area (Å²) in [5, 5.41) is 6.14. The maximum atomic E-state index is 11.4. The first-order valence-corrected chi connectivity index (χ1v) is 6.93. The molecule has 0 radical (unpaired) electrons. The minimum atomic E-state index is -0.0522. The van der Waals surface area contributed by atoms with Crippen LogP contribution in [0.25, 0.3) is 0 Å². The fourth-order valence-corrected chi connectivity index (χ4v) is 2.39. The Hall–Kier alpha value is -1.55. The van der Waals surface area contributed by atoms with E-state index in [1.54, 1.807) is 7.05 Å². The third kappa shape index (κ3) is 3.70. The van der Waals surface area contributed by atoms with E-state index in [0.717, 1.165) is 31.6 Å². The number of rotatable bonds is 4. The van der Waals surface area contributed by atoms with Crippen LogP contribution in [0.3, 0.4) is 0 Å². The zero-order valence-corrected chi connectivity index (χ0v) is 11.6. The van der Waals surface area contributed by atoms with Gasteiger partial charge < -0.3 is 15.4 Å². The third-order valence-electron chi connectivity index (χ3n) is 3.57. The van der Waals surface area contributed by atoms with Crippen molar-refractivity contribution in [2.45, 2.75) is 38.3 Å². The molecule has 0 spiro atoms. The zero-order chi connectivity index (χ0) is 13.7. The standard InChI is InChI=1S/C15H22N2O2/c1-3-14-10-13(8-9-19-14)17-12-6-4-11(5-7-12)15(18)16-2/h4-7,13-14,17H,3,8-10H2,1-2H3,(H,16,18). The van der Waals surface area contributed by atoms with Crippen LogP contribution in [0.1, 0.15) is 36.5 Å². The van der Waals surface area contributed by atoms with Gasteiger partial charge in [0, 0.05) is 30.9 Å². The van der Waals surface area contributed by atoms with Crippen LogP contribution in [0.4, 0.5) is 5.69 Å². The minimum absolute atomic E-state index is 0.0522. The van der Waals surface area contributed by atoms with Gasteiger partial charge in [0.25, 0.3) is 5.91 Å². The van der Waals surface area contributed by atoms with Gasteiger partial charge in [0.05, 0.1) is 6.10 Å². The van der Waals surface area contributed by atoms with Gasteiger partial charge in [0.1, 0.15) is 0 Å². The summed E-state index contributed by atoms with van der Waals surface area (Å²) in [6.07, 6.45) is 3.52. The predicted molar refractivity (Wildman–Crippen MR) is 76.5 cm³/mol. The van der Waals surface area contributed by atoms with Gasteiger partial charge >= 0.3 is 0 Å². The van der Waals surface area contributed by atoms with E-state index in [1.165, 1.54) is 0 Å². The molecule has 4 heteroatoms. The van der Waals surface area contributed by atoms with Crippen molar-refractivity contribution in [3.8, 4) is 0 Å². The molecular formula is C15H22N2O2. The van der Waals surface area contributed by atoms with E-state index in [0.29, 0.717) is 17.7 Å². The van der Waals surface area contributed by atoms with Crippen LogP contribution in [0.15, 0.2) is 24.3 Å². The van der Waals surface area contributed by atoms with E-state index in [1.807, 2.05) is 24.3 Å². The quantitative estimate of drug-likeness (QED) is 0.876. The topological polar surface area (TPSA) is 50.4 Å². The average molecular weight is 262 g/mol. The van der Waals surface area contributed by atoms with Crippen LogP contribution in [-0.4, -0.2) is 31.7 Å². The summed E-state index contributed by atoms with van der Waals surface area (Å²) >= 11 is 0. The van der Waals surface area contributed by atoms with Gasteiger partial charge in [-0.25, -0.2) is 0 Å². The van der Waals surface area contributed by atoms with Crippen LogP contribution in [0.2, 0.25) is 0 Å². The summed E-state index contributed by atoms with van der Waals surface area (Å²) in [4.78, 5) is 11.4. The predicted octanol–water partition coefficient (Wildman–Crippen LogP) is 2.42. The Morgan fingerprint density at radius 2 is 2.11 bits per heavy atom. The van der Waals surface area contributed by atoms with Gasteiger partial charge in [0.15, 0.2) is 0 Å². The fraction of sp³-hybridized carbons (Fsp3) is 0.533. The highest BCUT2D eigenvalue weighted by Gasteiger charge is 2.20. The molecule has 1 amide bonds. The van der Waals surface area contributed by atoms with E-state index in [4.69, 9.17) is 4.74 Å². The molecule has 2 atom stereocenters. The van der Waals surface area contributed by atoms with Crippen molar-refractivity contribution in [3.63, 3.8) is 0 Å². The number of carbonyl (C=O) groups is 1. The number of nitrogens with one attached hydrogen (secondary N) is 2. The summed E-state index contributed by atoms with van der Waals surface area (Å²) < 4.78 is 5.67. The number of amides is 1. The minimum Gasteiger partial charge on any atom is -0.382 e. The van der Waals surface area contributed by atoms with Crippen molar-refractivity contribution < 1.29 is 9.53 Å². The lowest BCUT2D eigenvalue weighted by atomic mass is 10.0. The number of hydrogen-bond acceptors (Lipinski definition) is 3. The monoisotopic (exact) mass is 262 g/mol. The summed E-state index contributed by atoms with van der Waals surface area (Å²) in [5.74, 6) is -0.0522. The second-order valence-electron chi connectivity index (χ2n) is 4.92. The van der Waals surface area contributed by atoms with Crippen molar-refractivity contribution in [3.05, 3.63) is 29.8 Å². The molecule has 4 nitrogen and oxygen atoms in total. The Labute approximate surface area is 114 Å². The molecule has 1 fully saturated rings. The smallest absolute Gasteiger partial charge is 0.251 e. The maximum absolute atomic E-state index is 11.4. The molecule has 1 aliphatic rings. The van der Waals surface area contributed by atoms with Crippen LogP contribution >= 0.6 is 0 Å². The van der Waals surface area contributed by atoms with Crippen molar-refractivity contribution >= 4 is 11.6 Å². The highest BCUT2D eigenvalue weighted by molar-refractivity contribution is 5.94. The van der Waals surface area contributed by atoms with Gasteiger partial charge in [-0.05, 0) is 43.5 Å². The van der Waals surface area contributed by atoms with E-state index < -0.39 is 0 Å². The molecule has 0 aromatic heterocycles. The first-order valence-electron chi connectivity index (χ1n) is 6.93. The van der Waals surface area contributed by atoms with E-state index >= 15 is 0 Å². The zero-order valence-electron chi connectivity index (χ0n) is 11.6. The molecule has 1 heterocycles. The van der Waals surface area contributed by atoms with Crippen LogP contribution in [-0.2, 0) is 4.74 Å². The number of carbonyl (C=O) groups excluding carboxylic acids is 1. The third-order valence-corrected chi connectivity index (χ3v) is 3.57. The molecule has 0 aliphatic carbocycles. The summed E-state index contributed by atoms with van der Waals surface area (Å²) in [6.45, 7) is 2.98. The molecule has 19 heavy (non-hydrogen) atoms. The lowest BCUT2D eigenvalue weighted by molar-refractivity contribution is 0.00925. The maximum Gasteiger partial charge on any atom is 0.251 e. The largest absolute Gasteiger partial charge is 0.382 e. The highest BCUT2D eigenvalue weighted by Crippen LogP contribution is 2.20. The van der Waals surface area contributed by atoms with Crippen LogP contribution in [0, 0.1) is 0 Å². The van der Waals surface area contributed by atoms with Gasteiger partial charge in [-0.2, -0.15) is 0 Å². The lowest BCUT2D eigenvalue weighted by Gasteiger charge is -2.30. The average Bonchev–Trinajstić information content (AvgIpc) is 2.47. The Morgan fingerprint density at radius 3 is 2.74 bits per heavy atom. The van der Waals surface area contributed by atoms with Crippen LogP contribution in [0.5, 0.6) is 0 Å². The molecule has 2 rings (SSSR count). The van der Waals surface area contributed by atoms with Crippen LogP contribution < -0.4 is 10.6 Å². The highest BCUT2D eigenvalue weighted by atomic mass is 16.5. The lowest BCUT2D eigenvalue weighted by Crippen LogP contribution is -2.33. The molecule has 1 aromatic rings. The molecule has 0 bridgehead atoms. The normalized spacial score (nSPS) is 22.8. The van der Waals surface area contributed by atoms with Gasteiger partial charge in [0.2, 0.25) is 0 Å². The first kappa shape index (κ1) is 13.9. The number of anilines is 1. The van der Waals surface area contributed by atoms with Gasteiger partial charge in [-0.1, -0.05) is 6.92 Å². The molecule has 1 aliphatic heterocycles. The Kier molecular flexibility index (Phi) is 4.80. The van der Waals surface area contributed by atoms with Crippen molar-refractivity contribution in [1.29, 1.82) is 0 Å². The Balaban J connectivity index is 1.94. The molecule has 104 valence electrons. The van der Waals surface area contributed by atoms with E-state index in [9.17, 15) is 4.79 Å². The van der Waals surface area contributed by atoms with Crippen molar-refractivity contribution in [1.82, 2.24) is 5.32 Å². The second kappa shape index (κ2) is 6.57. The van der Waals surface area contributed by atoms with E-state index in [-0.39, 0.29) is 5.91 Å². The van der Waals surface area contributed by atoms with E-state index in [2.05, 4.69) is 17.6 Å². The Bertz CT molecular complexity index is 417. The number of benzene rings is 1. The summed E-state index contributed by atoms with van der Waals surface area (Å²) in [5.41, 5.74) is 1.75. The van der Waals surface area contributed by atoms with Gasteiger partial charge in [-0.3, -0.25) is 4.79 Å². The van der Waals surface area contributed by atoms with Crippen molar-refractivity contribution in [2.24, 2.45) is 0 Å². The number of hydrogen-bond donors (Lipinski definition) is 2. The molecule has 2 N–H and O–H groups in total. The second-order valence-corrected chi connectivity index (χ2v) is 4.92. The molecular weight excluding hydrogens is 240 g/mol. The first-order chi connectivity index (χ1) is 9.22. The molecule has 1 aromatic carbocycles. The SMILES string of the molecule is CCC1CC(Nc2ccc(C(=O)NC)cc2)CCO1. The summed E-state index contributed by atoms with van der Waals surface area (Å²) in [7, 11) is 1.64. The number of ether oxygens (including phenoxy) is 1. The van der Waals surface area contributed by atoms with Crippen molar-refractivity contribution in [2.75, 3.05) is 19.0 Å². The van der Waals surface area contributed by atoms with Gasteiger partial charge in [-0.15, -0.1) is 0 Å². The molecule has 0 saturated carbocycles. The Morgan fingerprint density at radius 1 is 1.37 bits per heavy atom. The molecule has 1 saturated heterocycles.